The zero-order valence-corrected chi connectivity index (χ0v) is 11.5. The van der Waals surface area contributed by atoms with Crippen LogP contribution in [0.4, 0.5) is 4.39 Å². The second-order valence-corrected chi connectivity index (χ2v) is 5.96. The van der Waals surface area contributed by atoms with E-state index in [4.69, 9.17) is 11.6 Å². The maximum absolute atomic E-state index is 13.6. The highest BCUT2D eigenvalue weighted by molar-refractivity contribution is 6.30. The number of hydrogen-bond acceptors (Lipinski definition) is 1. The highest BCUT2D eigenvalue weighted by atomic mass is 35.5. The first-order valence-electron chi connectivity index (χ1n) is 6.68. The van der Waals surface area contributed by atoms with Crippen molar-refractivity contribution in [1.29, 1.82) is 0 Å². The Morgan fingerprint density at radius 1 is 1.33 bits per heavy atom. The second kappa shape index (κ2) is 6.03. The number of benzene rings is 1. The summed E-state index contributed by atoms with van der Waals surface area (Å²) in [6.45, 7) is 2.25. The summed E-state index contributed by atoms with van der Waals surface area (Å²) in [4.78, 5) is 0. The van der Waals surface area contributed by atoms with Gasteiger partial charge >= 0.3 is 0 Å². The minimum atomic E-state index is -0.453. The molecule has 1 aromatic rings. The summed E-state index contributed by atoms with van der Waals surface area (Å²) in [5.74, 6) is 0.790. The van der Waals surface area contributed by atoms with E-state index >= 15 is 0 Å². The van der Waals surface area contributed by atoms with Crippen LogP contribution >= 0.6 is 11.6 Å². The summed E-state index contributed by atoms with van der Waals surface area (Å²) in [6.07, 6.45) is 4.34. The third-order valence-electron chi connectivity index (χ3n) is 4.04. The molecule has 18 heavy (non-hydrogen) atoms. The first-order valence-corrected chi connectivity index (χ1v) is 7.06. The van der Waals surface area contributed by atoms with Crippen LogP contribution in [0.2, 0.25) is 5.02 Å². The van der Waals surface area contributed by atoms with Crippen LogP contribution in [0.5, 0.6) is 0 Å². The Hall–Kier alpha value is -0.600. The third kappa shape index (κ3) is 3.46. The highest BCUT2D eigenvalue weighted by Crippen LogP contribution is 2.32. The van der Waals surface area contributed by atoms with Crippen LogP contribution in [0.3, 0.4) is 0 Å². The van der Waals surface area contributed by atoms with Gasteiger partial charge in [-0.2, -0.15) is 0 Å². The van der Waals surface area contributed by atoms with E-state index in [-0.39, 0.29) is 5.82 Å². The standard InChI is InChI=1S/C15H20ClFO/c1-10-2-4-11(5-3-10)15(18)9-12-8-13(16)6-7-14(12)17/h6-8,10-11,15,18H,2-5,9H2,1H3. The SMILES string of the molecule is CC1CCC(C(O)Cc2cc(Cl)ccc2F)CC1. The van der Waals surface area contributed by atoms with Gasteiger partial charge in [0, 0.05) is 11.4 Å². The quantitative estimate of drug-likeness (QED) is 0.872. The van der Waals surface area contributed by atoms with E-state index in [0.29, 0.717) is 22.9 Å². The fourth-order valence-electron chi connectivity index (χ4n) is 2.76. The average Bonchev–Trinajstić information content (AvgIpc) is 2.34. The van der Waals surface area contributed by atoms with Crippen molar-refractivity contribution in [2.24, 2.45) is 11.8 Å². The Kier molecular flexibility index (Phi) is 4.63. The molecule has 2 rings (SSSR count). The van der Waals surface area contributed by atoms with E-state index in [0.717, 1.165) is 18.8 Å². The number of aliphatic hydroxyl groups is 1. The van der Waals surface area contributed by atoms with Crippen molar-refractivity contribution in [3.63, 3.8) is 0 Å². The van der Waals surface area contributed by atoms with Crippen LogP contribution < -0.4 is 0 Å². The van der Waals surface area contributed by atoms with Gasteiger partial charge in [-0.05, 0) is 48.4 Å². The van der Waals surface area contributed by atoms with Crippen LogP contribution in [0.25, 0.3) is 0 Å². The Bertz CT molecular complexity index is 399. The first kappa shape index (κ1) is 13.8. The summed E-state index contributed by atoms with van der Waals surface area (Å²) >= 11 is 5.86. The van der Waals surface area contributed by atoms with Crippen molar-refractivity contribution in [3.8, 4) is 0 Å². The molecule has 100 valence electrons. The average molecular weight is 271 g/mol. The van der Waals surface area contributed by atoms with Crippen LogP contribution in [-0.2, 0) is 6.42 Å². The Labute approximate surface area is 113 Å². The fraction of sp³-hybridized carbons (Fsp3) is 0.600. The normalized spacial score (nSPS) is 26.0. The molecule has 1 saturated carbocycles. The molecule has 0 bridgehead atoms. The molecule has 0 aliphatic heterocycles. The molecular weight excluding hydrogens is 251 g/mol. The number of hydrogen-bond donors (Lipinski definition) is 1. The topological polar surface area (TPSA) is 20.2 Å². The molecule has 3 heteroatoms. The molecule has 1 fully saturated rings. The molecule has 1 aromatic carbocycles. The number of halogens is 2. The van der Waals surface area contributed by atoms with E-state index in [9.17, 15) is 9.50 Å². The minimum absolute atomic E-state index is 0.275. The van der Waals surface area contributed by atoms with Crippen molar-refractivity contribution < 1.29 is 9.50 Å². The maximum atomic E-state index is 13.6. The molecule has 1 aliphatic rings. The monoisotopic (exact) mass is 270 g/mol. The lowest BCUT2D eigenvalue weighted by molar-refractivity contribution is 0.0754. The smallest absolute Gasteiger partial charge is 0.126 e. The van der Waals surface area contributed by atoms with E-state index in [1.165, 1.54) is 25.0 Å². The lowest BCUT2D eigenvalue weighted by Gasteiger charge is -2.30. The molecule has 0 saturated heterocycles. The molecular formula is C15H20ClFO. The van der Waals surface area contributed by atoms with Gasteiger partial charge < -0.3 is 5.11 Å². The van der Waals surface area contributed by atoms with Gasteiger partial charge in [0.25, 0.3) is 0 Å². The van der Waals surface area contributed by atoms with E-state index in [2.05, 4.69) is 6.92 Å². The number of aliphatic hydroxyl groups excluding tert-OH is 1. The summed E-state index contributed by atoms with van der Waals surface area (Å²) < 4.78 is 13.6. The van der Waals surface area contributed by atoms with Crippen molar-refractivity contribution in [2.75, 3.05) is 0 Å². The third-order valence-corrected chi connectivity index (χ3v) is 4.28. The Balaban J connectivity index is 1.98. The molecule has 0 amide bonds. The van der Waals surface area contributed by atoms with Gasteiger partial charge in [-0.15, -0.1) is 0 Å². The lowest BCUT2D eigenvalue weighted by atomic mass is 9.79. The maximum Gasteiger partial charge on any atom is 0.126 e. The lowest BCUT2D eigenvalue weighted by Crippen LogP contribution is -2.27. The van der Waals surface area contributed by atoms with Crippen LogP contribution in [0.15, 0.2) is 18.2 Å². The van der Waals surface area contributed by atoms with Crippen molar-refractivity contribution in [3.05, 3.63) is 34.6 Å². The van der Waals surface area contributed by atoms with Crippen molar-refractivity contribution in [2.45, 2.75) is 45.1 Å². The van der Waals surface area contributed by atoms with Gasteiger partial charge in [-0.3, -0.25) is 0 Å². The minimum Gasteiger partial charge on any atom is -0.392 e. The van der Waals surface area contributed by atoms with Crippen LogP contribution in [0.1, 0.15) is 38.2 Å². The predicted octanol–water partition coefficient (Wildman–Crippen LogP) is 4.21. The molecule has 1 nitrogen and oxygen atoms in total. The van der Waals surface area contributed by atoms with Gasteiger partial charge in [-0.25, -0.2) is 4.39 Å². The molecule has 1 aliphatic carbocycles. The van der Waals surface area contributed by atoms with E-state index in [1.807, 2.05) is 0 Å². The predicted molar refractivity (Wildman–Crippen MR) is 72.2 cm³/mol. The molecule has 0 heterocycles. The van der Waals surface area contributed by atoms with E-state index in [1.54, 1.807) is 6.07 Å². The summed E-state index contributed by atoms with van der Waals surface area (Å²) in [7, 11) is 0. The largest absolute Gasteiger partial charge is 0.392 e. The first-order chi connectivity index (χ1) is 8.56. The van der Waals surface area contributed by atoms with Gasteiger partial charge in [0.15, 0.2) is 0 Å². The van der Waals surface area contributed by atoms with Gasteiger partial charge in [-0.1, -0.05) is 31.4 Å². The molecule has 1 N–H and O–H groups in total. The summed E-state index contributed by atoms with van der Waals surface area (Å²) in [5, 5.41) is 10.7. The van der Waals surface area contributed by atoms with Gasteiger partial charge in [0.1, 0.15) is 5.82 Å². The van der Waals surface area contributed by atoms with Gasteiger partial charge in [0.2, 0.25) is 0 Å². The molecule has 0 spiro atoms. The zero-order valence-electron chi connectivity index (χ0n) is 10.7. The van der Waals surface area contributed by atoms with Crippen LogP contribution in [0, 0.1) is 17.7 Å². The molecule has 1 atom stereocenters. The summed E-state index contributed by atoms with van der Waals surface area (Å²) in [6, 6.07) is 4.52. The Morgan fingerprint density at radius 2 is 2.00 bits per heavy atom. The highest BCUT2D eigenvalue weighted by Gasteiger charge is 2.25. The zero-order chi connectivity index (χ0) is 13.1. The molecule has 1 unspecified atom stereocenters. The second-order valence-electron chi connectivity index (χ2n) is 5.53. The molecule has 0 radical (unpaired) electrons. The number of rotatable bonds is 3. The van der Waals surface area contributed by atoms with E-state index < -0.39 is 6.10 Å². The van der Waals surface area contributed by atoms with Crippen molar-refractivity contribution >= 4 is 11.6 Å². The Morgan fingerprint density at radius 3 is 2.67 bits per heavy atom. The molecule has 0 aromatic heterocycles. The summed E-state index contributed by atoms with van der Waals surface area (Å²) in [5.41, 5.74) is 0.522. The fourth-order valence-corrected chi connectivity index (χ4v) is 2.96. The van der Waals surface area contributed by atoms with Gasteiger partial charge in [0.05, 0.1) is 6.10 Å². The van der Waals surface area contributed by atoms with Crippen molar-refractivity contribution in [1.82, 2.24) is 0 Å². The van der Waals surface area contributed by atoms with Crippen LogP contribution in [-0.4, -0.2) is 11.2 Å².